The maximum absolute atomic E-state index is 4.69. The zero-order valence-corrected chi connectivity index (χ0v) is 11.9. The molecular formula is C16H21N3. The third-order valence-corrected chi connectivity index (χ3v) is 3.83. The highest BCUT2D eigenvalue weighted by Crippen LogP contribution is 2.25. The molecule has 0 saturated carbocycles. The Morgan fingerprint density at radius 3 is 2.74 bits per heavy atom. The smallest absolute Gasteiger partial charge is 0.134 e. The Morgan fingerprint density at radius 2 is 2.00 bits per heavy atom. The highest BCUT2D eigenvalue weighted by molar-refractivity contribution is 5.97. The van der Waals surface area contributed by atoms with E-state index in [2.05, 4.69) is 66.1 Å². The summed E-state index contributed by atoms with van der Waals surface area (Å²) in [4.78, 5) is 9.27. The maximum Gasteiger partial charge on any atom is 0.134 e. The van der Waals surface area contributed by atoms with E-state index < -0.39 is 0 Å². The van der Waals surface area contributed by atoms with Crippen molar-refractivity contribution in [3.63, 3.8) is 0 Å². The number of nitrogens with zero attached hydrogens (tertiary/aromatic N) is 3. The van der Waals surface area contributed by atoms with Crippen LogP contribution in [0.15, 0.2) is 52.5 Å². The van der Waals surface area contributed by atoms with E-state index in [1.165, 1.54) is 17.0 Å². The molecule has 0 unspecified atom stereocenters. The van der Waals surface area contributed by atoms with E-state index >= 15 is 0 Å². The third-order valence-electron chi connectivity index (χ3n) is 3.83. The molecule has 1 saturated heterocycles. The molecule has 3 rings (SSSR count). The standard InChI is InChI=1S/C16H21N3/c1-12-4-6-17-16-9-15(18-10-13(2)11-18)5-7-19(16)14(3)8-12/h4-5,7-9,13H,6,10-11H2,1-3H3/b12-4-,14-8+,17-16-. The fourth-order valence-electron chi connectivity index (χ4n) is 2.74. The monoisotopic (exact) mass is 255 g/mol. The first kappa shape index (κ1) is 12.3. The molecule has 0 bridgehead atoms. The van der Waals surface area contributed by atoms with Gasteiger partial charge in [0.05, 0.1) is 6.54 Å². The van der Waals surface area contributed by atoms with Crippen molar-refractivity contribution in [3.05, 3.63) is 47.5 Å². The predicted molar refractivity (Wildman–Crippen MR) is 79.6 cm³/mol. The maximum atomic E-state index is 4.69. The normalized spacial score (nSPS) is 31.7. The Labute approximate surface area is 115 Å². The van der Waals surface area contributed by atoms with Crippen LogP contribution < -0.4 is 0 Å². The summed E-state index contributed by atoms with van der Waals surface area (Å²) in [5, 5.41) is 0. The second kappa shape index (κ2) is 4.72. The van der Waals surface area contributed by atoms with Gasteiger partial charge in [0.25, 0.3) is 0 Å². The third kappa shape index (κ3) is 2.37. The van der Waals surface area contributed by atoms with E-state index in [1.807, 2.05) is 0 Å². The molecule has 0 spiro atoms. The van der Waals surface area contributed by atoms with Crippen molar-refractivity contribution in [2.24, 2.45) is 10.9 Å². The SMILES string of the molecule is CC1=C/C/N=C2/C=C(N3CC(C)C3)C=CN2\C(C)=C\1. The molecule has 0 aromatic carbocycles. The molecule has 3 heteroatoms. The molecular weight excluding hydrogens is 234 g/mol. The summed E-state index contributed by atoms with van der Waals surface area (Å²) in [5.74, 6) is 1.87. The minimum atomic E-state index is 0.759. The first-order valence-corrected chi connectivity index (χ1v) is 6.97. The van der Waals surface area contributed by atoms with Crippen LogP contribution in [0.1, 0.15) is 20.8 Å². The Balaban J connectivity index is 1.87. The van der Waals surface area contributed by atoms with Crippen molar-refractivity contribution in [2.45, 2.75) is 20.8 Å². The lowest BCUT2D eigenvalue weighted by molar-refractivity contribution is 0.163. The van der Waals surface area contributed by atoms with Crippen molar-refractivity contribution < 1.29 is 0 Å². The van der Waals surface area contributed by atoms with Gasteiger partial charge in [0.2, 0.25) is 0 Å². The molecule has 3 nitrogen and oxygen atoms in total. The summed E-state index contributed by atoms with van der Waals surface area (Å²) in [6.07, 6.45) is 10.9. The summed E-state index contributed by atoms with van der Waals surface area (Å²) in [5.41, 5.74) is 3.79. The average Bonchev–Trinajstić information content (AvgIpc) is 2.33. The minimum absolute atomic E-state index is 0.759. The van der Waals surface area contributed by atoms with Crippen LogP contribution in [0.5, 0.6) is 0 Å². The number of aliphatic imine (C=N–C) groups is 1. The highest BCUT2D eigenvalue weighted by atomic mass is 15.2. The molecule has 0 radical (unpaired) electrons. The molecule has 0 atom stereocenters. The van der Waals surface area contributed by atoms with Gasteiger partial charge < -0.3 is 9.80 Å². The summed E-state index contributed by atoms with van der Waals surface area (Å²) >= 11 is 0. The molecule has 0 amide bonds. The zero-order valence-electron chi connectivity index (χ0n) is 11.9. The fraction of sp³-hybridized carbons (Fsp3) is 0.438. The van der Waals surface area contributed by atoms with Crippen molar-refractivity contribution in [1.29, 1.82) is 0 Å². The van der Waals surface area contributed by atoms with Crippen LogP contribution in [-0.2, 0) is 0 Å². The largest absolute Gasteiger partial charge is 0.371 e. The lowest BCUT2D eigenvalue weighted by atomic mass is 10.0. The molecule has 0 aromatic rings. The van der Waals surface area contributed by atoms with Crippen molar-refractivity contribution >= 4 is 5.84 Å². The van der Waals surface area contributed by atoms with Gasteiger partial charge in [0.1, 0.15) is 5.84 Å². The first-order valence-electron chi connectivity index (χ1n) is 6.97. The number of rotatable bonds is 1. The Kier molecular flexibility index (Phi) is 3.05. The molecule has 3 aliphatic rings. The van der Waals surface area contributed by atoms with Crippen molar-refractivity contribution in [3.8, 4) is 0 Å². The molecule has 3 heterocycles. The van der Waals surface area contributed by atoms with Crippen LogP contribution in [0.2, 0.25) is 0 Å². The summed E-state index contributed by atoms with van der Waals surface area (Å²) < 4.78 is 0. The van der Waals surface area contributed by atoms with E-state index in [0.717, 1.165) is 31.4 Å². The van der Waals surface area contributed by atoms with Crippen LogP contribution in [-0.4, -0.2) is 35.3 Å². The van der Waals surface area contributed by atoms with Crippen molar-refractivity contribution in [2.75, 3.05) is 19.6 Å². The van der Waals surface area contributed by atoms with Gasteiger partial charge in [-0.15, -0.1) is 0 Å². The number of amidine groups is 1. The van der Waals surface area contributed by atoms with E-state index in [4.69, 9.17) is 0 Å². The number of allylic oxidation sites excluding steroid dienone is 4. The van der Waals surface area contributed by atoms with Gasteiger partial charge >= 0.3 is 0 Å². The topological polar surface area (TPSA) is 18.8 Å². The Morgan fingerprint density at radius 1 is 1.21 bits per heavy atom. The highest BCUT2D eigenvalue weighted by Gasteiger charge is 2.26. The molecule has 0 aromatic heterocycles. The van der Waals surface area contributed by atoms with Gasteiger partial charge in [-0.2, -0.15) is 0 Å². The van der Waals surface area contributed by atoms with E-state index in [-0.39, 0.29) is 0 Å². The van der Waals surface area contributed by atoms with E-state index in [9.17, 15) is 0 Å². The van der Waals surface area contributed by atoms with Crippen LogP contribution >= 0.6 is 0 Å². The van der Waals surface area contributed by atoms with Gasteiger partial charge in [-0.05, 0) is 31.9 Å². The predicted octanol–water partition coefficient (Wildman–Crippen LogP) is 2.91. The second-order valence-electron chi connectivity index (χ2n) is 5.70. The lowest BCUT2D eigenvalue weighted by Gasteiger charge is -2.41. The van der Waals surface area contributed by atoms with Crippen LogP contribution in [0.3, 0.4) is 0 Å². The van der Waals surface area contributed by atoms with Crippen LogP contribution in [0, 0.1) is 5.92 Å². The van der Waals surface area contributed by atoms with Gasteiger partial charge in [-0.3, -0.25) is 4.99 Å². The van der Waals surface area contributed by atoms with Gasteiger partial charge in [-0.1, -0.05) is 18.6 Å². The quantitative estimate of drug-likeness (QED) is 0.717. The molecule has 1 fully saturated rings. The van der Waals surface area contributed by atoms with Crippen LogP contribution in [0.25, 0.3) is 0 Å². The molecule has 3 aliphatic heterocycles. The fourth-order valence-corrected chi connectivity index (χ4v) is 2.74. The van der Waals surface area contributed by atoms with Crippen molar-refractivity contribution in [1.82, 2.24) is 9.80 Å². The van der Waals surface area contributed by atoms with E-state index in [1.54, 1.807) is 0 Å². The molecule has 0 aliphatic carbocycles. The van der Waals surface area contributed by atoms with Gasteiger partial charge in [0, 0.05) is 36.8 Å². The summed E-state index contributed by atoms with van der Waals surface area (Å²) in [6, 6.07) is 0. The number of hydrogen-bond donors (Lipinski definition) is 0. The number of fused-ring (bicyclic) bond motifs is 1. The molecule has 0 N–H and O–H groups in total. The van der Waals surface area contributed by atoms with Gasteiger partial charge in [-0.25, -0.2) is 0 Å². The molecule has 100 valence electrons. The summed E-state index contributed by atoms with van der Waals surface area (Å²) in [6.45, 7) is 9.64. The minimum Gasteiger partial charge on any atom is -0.371 e. The zero-order chi connectivity index (χ0) is 13.4. The first-order chi connectivity index (χ1) is 9.13. The Bertz CT molecular complexity index is 528. The number of hydrogen-bond acceptors (Lipinski definition) is 3. The van der Waals surface area contributed by atoms with E-state index in [0.29, 0.717) is 0 Å². The second-order valence-corrected chi connectivity index (χ2v) is 5.70. The molecule has 19 heavy (non-hydrogen) atoms. The lowest BCUT2D eigenvalue weighted by Crippen LogP contribution is -2.45. The average molecular weight is 255 g/mol. The van der Waals surface area contributed by atoms with Gasteiger partial charge in [0.15, 0.2) is 0 Å². The number of likely N-dealkylation sites (tertiary alicyclic amines) is 1. The Hall–Kier alpha value is -1.77. The van der Waals surface area contributed by atoms with Crippen LogP contribution in [0.4, 0.5) is 0 Å². The summed E-state index contributed by atoms with van der Waals surface area (Å²) in [7, 11) is 0.